The lowest BCUT2D eigenvalue weighted by Crippen LogP contribution is -2.21. The van der Waals surface area contributed by atoms with Crippen molar-refractivity contribution >= 4 is 33.3 Å². The second kappa shape index (κ2) is 5.95. The van der Waals surface area contributed by atoms with Crippen molar-refractivity contribution < 1.29 is 9.53 Å². The van der Waals surface area contributed by atoms with Crippen LogP contribution in [0.15, 0.2) is 46.9 Å². The summed E-state index contributed by atoms with van der Waals surface area (Å²) in [5.41, 5.74) is 1.12. The molecule has 2 bridgehead atoms. The van der Waals surface area contributed by atoms with E-state index in [1.165, 1.54) is 19.3 Å². The zero-order valence-corrected chi connectivity index (χ0v) is 14.8. The highest BCUT2D eigenvalue weighted by Gasteiger charge is 2.45. The Morgan fingerprint density at radius 3 is 2.48 bits per heavy atom. The van der Waals surface area contributed by atoms with Crippen LogP contribution in [0, 0.1) is 11.8 Å². The molecule has 0 aromatic heterocycles. The number of benzene rings is 2. The van der Waals surface area contributed by atoms with Crippen molar-refractivity contribution in [3.8, 4) is 5.75 Å². The van der Waals surface area contributed by atoms with Gasteiger partial charge in [0.25, 0.3) is 0 Å². The Hall–Kier alpha value is -1.32. The summed E-state index contributed by atoms with van der Waals surface area (Å²) in [5, 5.41) is 0.462. The Bertz CT molecular complexity index is 750. The molecule has 2 aromatic carbocycles. The maximum absolute atomic E-state index is 12.6. The van der Waals surface area contributed by atoms with Crippen LogP contribution in [0.1, 0.15) is 35.2 Å². The SMILES string of the molecule is O=C(c1ccc(OC2CC3CC2C3)cc1)c1cc(Br)ccc1Cl. The van der Waals surface area contributed by atoms with Crippen LogP contribution in [-0.2, 0) is 0 Å². The molecular formula is C19H16BrClO2. The molecule has 0 saturated heterocycles. The smallest absolute Gasteiger partial charge is 0.194 e. The highest BCUT2D eigenvalue weighted by atomic mass is 79.9. The molecule has 1 unspecified atom stereocenters. The molecule has 3 fully saturated rings. The van der Waals surface area contributed by atoms with Gasteiger partial charge in [-0.25, -0.2) is 0 Å². The predicted octanol–water partition coefficient (Wildman–Crippen LogP) is 5.51. The minimum Gasteiger partial charge on any atom is -0.490 e. The topological polar surface area (TPSA) is 26.3 Å². The summed E-state index contributed by atoms with van der Waals surface area (Å²) < 4.78 is 6.91. The van der Waals surface area contributed by atoms with Crippen molar-refractivity contribution in [2.45, 2.75) is 25.4 Å². The molecule has 3 aliphatic rings. The lowest BCUT2D eigenvalue weighted by Gasteiger charge is -2.24. The van der Waals surface area contributed by atoms with Crippen LogP contribution in [0.4, 0.5) is 0 Å². The summed E-state index contributed by atoms with van der Waals surface area (Å²) in [6.07, 6.45) is 4.19. The number of fused-ring (bicyclic) bond motifs is 1. The maximum Gasteiger partial charge on any atom is 0.194 e. The van der Waals surface area contributed by atoms with Gasteiger partial charge >= 0.3 is 0 Å². The first-order chi connectivity index (χ1) is 11.1. The molecule has 2 nitrogen and oxygen atoms in total. The summed E-state index contributed by atoms with van der Waals surface area (Å²) in [6.45, 7) is 0. The molecule has 3 aliphatic carbocycles. The molecule has 3 saturated carbocycles. The molecule has 0 aliphatic heterocycles. The van der Waals surface area contributed by atoms with Gasteiger partial charge in [-0.2, -0.15) is 0 Å². The number of halogens is 2. The third-order valence-electron chi connectivity index (χ3n) is 4.94. The van der Waals surface area contributed by atoms with Crippen LogP contribution in [-0.4, -0.2) is 11.9 Å². The van der Waals surface area contributed by atoms with Gasteiger partial charge < -0.3 is 4.74 Å². The quantitative estimate of drug-likeness (QED) is 0.642. The minimum atomic E-state index is -0.0778. The highest BCUT2D eigenvalue weighted by molar-refractivity contribution is 9.10. The van der Waals surface area contributed by atoms with E-state index in [0.29, 0.717) is 22.3 Å². The molecule has 5 rings (SSSR count). The Morgan fingerprint density at radius 2 is 1.83 bits per heavy atom. The fourth-order valence-corrected chi connectivity index (χ4v) is 4.20. The van der Waals surface area contributed by atoms with Crippen LogP contribution in [0.25, 0.3) is 0 Å². The van der Waals surface area contributed by atoms with Crippen molar-refractivity contribution in [3.63, 3.8) is 0 Å². The molecule has 0 radical (unpaired) electrons. The van der Waals surface area contributed by atoms with Crippen molar-refractivity contribution in [1.29, 1.82) is 0 Å². The number of carbonyl (C=O) groups excluding carboxylic acids is 1. The lowest BCUT2D eigenvalue weighted by molar-refractivity contribution is 0.103. The second-order valence-corrected chi connectivity index (χ2v) is 7.79. The zero-order valence-electron chi connectivity index (χ0n) is 12.5. The molecule has 0 spiro atoms. The van der Waals surface area contributed by atoms with Gasteiger partial charge in [-0.3, -0.25) is 4.79 Å². The van der Waals surface area contributed by atoms with E-state index in [2.05, 4.69) is 15.9 Å². The first kappa shape index (κ1) is 15.2. The molecule has 0 heterocycles. The van der Waals surface area contributed by atoms with Gasteiger partial charge in [0.1, 0.15) is 11.9 Å². The second-order valence-electron chi connectivity index (χ2n) is 6.47. The fraction of sp³-hybridized carbons (Fsp3) is 0.316. The summed E-state index contributed by atoms with van der Waals surface area (Å²) in [6, 6.07) is 12.7. The average molecular weight is 392 g/mol. The first-order valence-electron chi connectivity index (χ1n) is 7.86. The van der Waals surface area contributed by atoms with E-state index in [0.717, 1.165) is 22.1 Å². The Labute approximate surface area is 148 Å². The fourth-order valence-electron chi connectivity index (χ4n) is 3.64. The van der Waals surface area contributed by atoms with E-state index < -0.39 is 0 Å². The monoisotopic (exact) mass is 390 g/mol. The van der Waals surface area contributed by atoms with Crippen LogP contribution in [0.5, 0.6) is 5.75 Å². The summed E-state index contributed by atoms with van der Waals surface area (Å²) in [4.78, 5) is 12.6. The first-order valence-corrected chi connectivity index (χ1v) is 9.04. The largest absolute Gasteiger partial charge is 0.490 e. The number of rotatable bonds is 4. The van der Waals surface area contributed by atoms with Gasteiger partial charge in [0.15, 0.2) is 5.78 Å². The van der Waals surface area contributed by atoms with Gasteiger partial charge in [-0.1, -0.05) is 27.5 Å². The molecule has 118 valence electrons. The van der Waals surface area contributed by atoms with Crippen LogP contribution >= 0.6 is 27.5 Å². The molecule has 4 heteroatoms. The number of ether oxygens (including phenoxy) is 1. The molecule has 0 N–H and O–H groups in total. The van der Waals surface area contributed by atoms with Crippen LogP contribution < -0.4 is 4.74 Å². The van der Waals surface area contributed by atoms with Crippen molar-refractivity contribution in [2.75, 3.05) is 0 Å². The number of carbonyl (C=O) groups is 1. The third-order valence-corrected chi connectivity index (χ3v) is 5.76. The van der Waals surface area contributed by atoms with Crippen LogP contribution in [0.2, 0.25) is 5.02 Å². The summed E-state index contributed by atoms with van der Waals surface area (Å²) >= 11 is 9.52. The van der Waals surface area contributed by atoms with E-state index in [1.54, 1.807) is 12.1 Å². The molecule has 0 amide bonds. The standard InChI is InChI=1S/C19H16BrClO2/c20-14-3-6-17(21)16(10-14)19(22)12-1-4-15(5-2-12)23-18-9-11-7-13(18)8-11/h1-6,10-11,13,18H,7-9H2. The Kier molecular flexibility index (Phi) is 3.94. The highest BCUT2D eigenvalue weighted by Crippen LogP contribution is 2.49. The average Bonchev–Trinajstić information content (AvgIpc) is 3.09. The van der Waals surface area contributed by atoms with Gasteiger partial charge in [0, 0.05) is 15.6 Å². The Balaban J connectivity index is 1.51. The Morgan fingerprint density at radius 1 is 1.09 bits per heavy atom. The molecule has 2 aromatic rings. The molecule has 23 heavy (non-hydrogen) atoms. The predicted molar refractivity (Wildman–Crippen MR) is 94.3 cm³/mol. The van der Waals surface area contributed by atoms with Crippen LogP contribution in [0.3, 0.4) is 0 Å². The summed E-state index contributed by atoms with van der Waals surface area (Å²) in [7, 11) is 0. The number of hydrogen-bond acceptors (Lipinski definition) is 2. The number of hydrogen-bond donors (Lipinski definition) is 0. The molecule has 1 atom stereocenters. The van der Waals surface area contributed by atoms with Crippen molar-refractivity contribution in [2.24, 2.45) is 11.8 Å². The molecular weight excluding hydrogens is 376 g/mol. The van der Waals surface area contributed by atoms with E-state index in [4.69, 9.17) is 16.3 Å². The minimum absolute atomic E-state index is 0.0778. The normalized spacial score (nSPS) is 25.0. The zero-order chi connectivity index (χ0) is 16.0. The number of ketones is 1. The van der Waals surface area contributed by atoms with Gasteiger partial charge in [0.05, 0.1) is 5.02 Å². The van der Waals surface area contributed by atoms with Gasteiger partial charge in [0.2, 0.25) is 0 Å². The van der Waals surface area contributed by atoms with E-state index in [-0.39, 0.29) is 5.78 Å². The van der Waals surface area contributed by atoms with E-state index >= 15 is 0 Å². The van der Waals surface area contributed by atoms with Gasteiger partial charge in [-0.05, 0) is 73.6 Å². The van der Waals surface area contributed by atoms with E-state index in [1.807, 2.05) is 30.3 Å². The maximum atomic E-state index is 12.6. The van der Waals surface area contributed by atoms with E-state index in [9.17, 15) is 4.79 Å². The van der Waals surface area contributed by atoms with Crippen molar-refractivity contribution in [3.05, 3.63) is 63.1 Å². The van der Waals surface area contributed by atoms with Gasteiger partial charge in [-0.15, -0.1) is 0 Å². The van der Waals surface area contributed by atoms with Crippen molar-refractivity contribution in [1.82, 2.24) is 0 Å². The lowest BCUT2D eigenvalue weighted by atomic mass is 9.84. The third kappa shape index (κ3) is 2.92. The summed E-state index contributed by atoms with van der Waals surface area (Å²) in [5.74, 6) is 2.39.